The Hall–Kier alpha value is -2.28. The topological polar surface area (TPSA) is 48.3 Å². The van der Waals surface area contributed by atoms with Crippen molar-refractivity contribution in [2.75, 3.05) is 0 Å². The van der Waals surface area contributed by atoms with Crippen LogP contribution in [-0.4, -0.2) is 17.0 Å². The highest BCUT2D eigenvalue weighted by molar-refractivity contribution is 7.07. The van der Waals surface area contributed by atoms with Crippen molar-refractivity contribution in [2.24, 2.45) is 12.5 Å². The normalized spacial score (nSPS) is 13.6. The van der Waals surface area contributed by atoms with E-state index in [2.05, 4.69) is 4.74 Å². The molecule has 0 fully saturated rings. The number of thiazole rings is 1. The standard InChI is InChI=1S/C18H19F2NO3S/c1-18(2,3)14(22)10-15-21(4)16(23)13(25-15)9-11-5-7-12(8-6-11)24-17(19)20/h5-10,17H,1-4H3/b13-9+,15-10-. The van der Waals surface area contributed by atoms with Gasteiger partial charge >= 0.3 is 6.61 Å². The lowest BCUT2D eigenvalue weighted by Crippen LogP contribution is -2.30. The summed E-state index contributed by atoms with van der Waals surface area (Å²) in [6.45, 7) is 2.56. The summed E-state index contributed by atoms with van der Waals surface area (Å²) >= 11 is 1.21. The molecule has 1 aromatic carbocycles. The Kier molecular flexibility index (Phi) is 5.57. The molecule has 0 amide bonds. The Balaban J connectivity index is 2.42. The second kappa shape index (κ2) is 7.31. The predicted molar refractivity (Wildman–Crippen MR) is 94.4 cm³/mol. The summed E-state index contributed by atoms with van der Waals surface area (Å²) in [7, 11) is 1.61. The maximum absolute atomic E-state index is 12.3. The minimum Gasteiger partial charge on any atom is -0.435 e. The number of hydrogen-bond donors (Lipinski definition) is 0. The smallest absolute Gasteiger partial charge is 0.387 e. The van der Waals surface area contributed by atoms with Crippen molar-refractivity contribution < 1.29 is 18.3 Å². The van der Waals surface area contributed by atoms with Gasteiger partial charge < -0.3 is 9.30 Å². The van der Waals surface area contributed by atoms with Crippen LogP contribution in [0.15, 0.2) is 29.1 Å². The Morgan fingerprint density at radius 3 is 2.36 bits per heavy atom. The number of Topliss-reactive ketones (excluding diaryl/α,β-unsaturated/α-hetero) is 1. The van der Waals surface area contributed by atoms with Crippen LogP contribution in [0.25, 0.3) is 12.2 Å². The first-order valence-corrected chi connectivity index (χ1v) is 8.38. The highest BCUT2D eigenvalue weighted by Gasteiger charge is 2.19. The molecular weight excluding hydrogens is 348 g/mol. The number of benzene rings is 1. The van der Waals surface area contributed by atoms with Gasteiger partial charge in [0.25, 0.3) is 5.56 Å². The highest BCUT2D eigenvalue weighted by Crippen LogP contribution is 2.16. The van der Waals surface area contributed by atoms with Crippen molar-refractivity contribution in [1.82, 2.24) is 4.57 Å². The molecule has 0 aliphatic rings. The molecule has 1 aromatic heterocycles. The van der Waals surface area contributed by atoms with Crippen LogP contribution in [0.2, 0.25) is 0 Å². The van der Waals surface area contributed by atoms with Gasteiger partial charge in [0.2, 0.25) is 0 Å². The molecule has 0 saturated heterocycles. The molecule has 0 radical (unpaired) electrons. The molecule has 0 atom stereocenters. The predicted octanol–water partition coefficient (Wildman–Crippen LogP) is 2.27. The third kappa shape index (κ3) is 4.85. The van der Waals surface area contributed by atoms with Gasteiger partial charge in [-0.2, -0.15) is 8.78 Å². The Morgan fingerprint density at radius 1 is 1.24 bits per heavy atom. The minimum absolute atomic E-state index is 0.0519. The van der Waals surface area contributed by atoms with Crippen LogP contribution in [-0.2, 0) is 11.8 Å². The molecule has 0 aliphatic heterocycles. The number of rotatable bonds is 4. The fraction of sp³-hybridized carbons (Fsp3) is 0.333. The van der Waals surface area contributed by atoms with Crippen molar-refractivity contribution in [3.05, 3.63) is 49.4 Å². The van der Waals surface area contributed by atoms with E-state index in [4.69, 9.17) is 0 Å². The maximum Gasteiger partial charge on any atom is 0.387 e. The number of aromatic nitrogens is 1. The van der Waals surface area contributed by atoms with Crippen LogP contribution >= 0.6 is 11.3 Å². The third-order valence-corrected chi connectivity index (χ3v) is 4.57. The number of ether oxygens (including phenoxy) is 1. The SMILES string of the molecule is Cn1c(=O)/c(=C\c2ccc(OC(F)F)cc2)s/c1=C\C(=O)C(C)(C)C. The van der Waals surface area contributed by atoms with E-state index >= 15 is 0 Å². The van der Waals surface area contributed by atoms with Crippen molar-refractivity contribution in [3.8, 4) is 5.75 Å². The van der Waals surface area contributed by atoms with Crippen molar-refractivity contribution in [2.45, 2.75) is 27.4 Å². The minimum atomic E-state index is -2.88. The van der Waals surface area contributed by atoms with E-state index in [9.17, 15) is 18.4 Å². The average Bonchev–Trinajstić information content (AvgIpc) is 2.76. The average molecular weight is 367 g/mol. The lowest BCUT2D eigenvalue weighted by molar-refractivity contribution is -0.120. The molecule has 4 nitrogen and oxygen atoms in total. The molecule has 0 unspecified atom stereocenters. The second-order valence-corrected chi connectivity index (χ2v) is 7.58. The summed E-state index contributed by atoms with van der Waals surface area (Å²) in [5, 5.41) is 0. The lowest BCUT2D eigenvalue weighted by Gasteiger charge is -2.12. The largest absolute Gasteiger partial charge is 0.435 e. The first kappa shape index (κ1) is 19.1. The molecule has 2 rings (SSSR count). The van der Waals surface area contributed by atoms with Gasteiger partial charge in [-0.05, 0) is 23.8 Å². The Morgan fingerprint density at radius 2 is 1.84 bits per heavy atom. The van der Waals surface area contributed by atoms with Gasteiger partial charge in [-0.3, -0.25) is 9.59 Å². The number of halogens is 2. The molecule has 0 aliphatic carbocycles. The number of alkyl halides is 2. The zero-order valence-corrected chi connectivity index (χ0v) is 15.2. The number of ketones is 1. The molecule has 0 N–H and O–H groups in total. The second-order valence-electron chi connectivity index (χ2n) is 6.52. The summed E-state index contributed by atoms with van der Waals surface area (Å²) < 4.78 is 31.0. The Bertz CT molecular complexity index is 935. The number of hydrogen-bond acceptors (Lipinski definition) is 4. The van der Waals surface area contributed by atoms with E-state index in [0.717, 1.165) is 0 Å². The van der Waals surface area contributed by atoms with Crippen LogP contribution in [0.1, 0.15) is 26.3 Å². The molecule has 7 heteroatoms. The summed E-state index contributed by atoms with van der Waals surface area (Å²) in [4.78, 5) is 24.5. The van der Waals surface area contributed by atoms with Crippen LogP contribution in [0.4, 0.5) is 8.78 Å². The van der Waals surface area contributed by atoms with Gasteiger partial charge in [0.05, 0.1) is 4.53 Å². The van der Waals surface area contributed by atoms with E-state index in [-0.39, 0.29) is 17.1 Å². The van der Waals surface area contributed by atoms with Gasteiger partial charge in [0, 0.05) is 18.5 Å². The third-order valence-electron chi connectivity index (χ3n) is 3.46. The van der Waals surface area contributed by atoms with Gasteiger partial charge in [0.15, 0.2) is 5.78 Å². The zero-order valence-electron chi connectivity index (χ0n) is 14.4. The molecule has 0 bridgehead atoms. The molecule has 1 heterocycles. The van der Waals surface area contributed by atoms with Crippen molar-refractivity contribution >= 4 is 29.3 Å². The molecule has 25 heavy (non-hydrogen) atoms. The van der Waals surface area contributed by atoms with Crippen molar-refractivity contribution in [1.29, 1.82) is 0 Å². The van der Waals surface area contributed by atoms with E-state index in [1.807, 2.05) is 20.8 Å². The van der Waals surface area contributed by atoms with Gasteiger partial charge in [-0.25, -0.2) is 0 Å². The number of nitrogens with zero attached hydrogens (tertiary/aromatic N) is 1. The molecule has 0 saturated carbocycles. The number of carbonyl (C=O) groups is 1. The molecular formula is C18H19F2NO3S. The van der Waals surface area contributed by atoms with Gasteiger partial charge in [0.1, 0.15) is 10.4 Å². The maximum atomic E-state index is 12.3. The van der Waals surface area contributed by atoms with Crippen LogP contribution in [0, 0.1) is 5.41 Å². The molecule has 2 aromatic rings. The van der Waals surface area contributed by atoms with Crippen LogP contribution in [0.5, 0.6) is 5.75 Å². The monoisotopic (exact) mass is 367 g/mol. The van der Waals surface area contributed by atoms with Gasteiger partial charge in [-0.1, -0.05) is 32.9 Å². The van der Waals surface area contributed by atoms with E-state index in [0.29, 0.717) is 14.8 Å². The molecule has 0 spiro atoms. The van der Waals surface area contributed by atoms with Gasteiger partial charge in [-0.15, -0.1) is 11.3 Å². The lowest BCUT2D eigenvalue weighted by atomic mass is 9.91. The quantitative estimate of drug-likeness (QED) is 0.833. The van der Waals surface area contributed by atoms with E-state index < -0.39 is 12.0 Å². The molecule has 134 valence electrons. The fourth-order valence-electron chi connectivity index (χ4n) is 1.93. The van der Waals surface area contributed by atoms with Crippen LogP contribution in [0.3, 0.4) is 0 Å². The van der Waals surface area contributed by atoms with Crippen LogP contribution < -0.4 is 19.5 Å². The first-order chi connectivity index (χ1) is 11.6. The van der Waals surface area contributed by atoms with Crippen molar-refractivity contribution in [3.63, 3.8) is 0 Å². The number of carbonyl (C=O) groups excluding carboxylic acids is 1. The zero-order chi connectivity index (χ0) is 18.8. The summed E-state index contributed by atoms with van der Waals surface area (Å²) in [5.41, 5.74) is -0.0649. The Labute approximate surface area is 147 Å². The van der Waals surface area contributed by atoms with E-state index in [1.54, 1.807) is 25.3 Å². The summed E-state index contributed by atoms with van der Waals surface area (Å²) in [6.07, 6.45) is 3.13. The fourth-order valence-corrected chi connectivity index (χ4v) is 2.96. The first-order valence-electron chi connectivity index (χ1n) is 7.56. The highest BCUT2D eigenvalue weighted by atomic mass is 32.1. The van der Waals surface area contributed by atoms with E-state index in [1.165, 1.54) is 34.1 Å². The summed E-state index contributed by atoms with van der Waals surface area (Å²) in [5.74, 6) is -0.0135. The summed E-state index contributed by atoms with van der Waals surface area (Å²) in [6, 6.07) is 5.99.